The molecular formula is C14H21N3O. The van der Waals surface area contributed by atoms with E-state index in [0.29, 0.717) is 5.56 Å². The molecule has 2 atom stereocenters. The van der Waals surface area contributed by atoms with Gasteiger partial charge in [0.1, 0.15) is 0 Å². The topological polar surface area (TPSA) is 59.2 Å². The van der Waals surface area contributed by atoms with Gasteiger partial charge >= 0.3 is 0 Å². The Morgan fingerprint density at radius 1 is 1.61 bits per heavy atom. The van der Waals surface area contributed by atoms with E-state index in [4.69, 9.17) is 5.73 Å². The molecule has 2 heterocycles. The summed E-state index contributed by atoms with van der Waals surface area (Å²) in [5, 5.41) is 0. The van der Waals surface area contributed by atoms with E-state index in [1.807, 2.05) is 17.9 Å². The lowest BCUT2D eigenvalue weighted by Gasteiger charge is -2.36. The molecule has 1 aromatic heterocycles. The van der Waals surface area contributed by atoms with Gasteiger partial charge in [0, 0.05) is 31.0 Å². The number of likely N-dealkylation sites (tertiary alicyclic amines) is 1. The van der Waals surface area contributed by atoms with Crippen LogP contribution in [0.25, 0.3) is 0 Å². The van der Waals surface area contributed by atoms with Crippen LogP contribution in [0.5, 0.6) is 0 Å². The van der Waals surface area contributed by atoms with Crippen LogP contribution in [-0.4, -0.2) is 34.4 Å². The number of carbonyl (C=O) groups is 1. The van der Waals surface area contributed by atoms with Crippen molar-refractivity contribution in [3.05, 3.63) is 30.1 Å². The van der Waals surface area contributed by atoms with Crippen molar-refractivity contribution in [1.29, 1.82) is 0 Å². The number of nitrogens with two attached hydrogens (primary N) is 1. The molecule has 2 N–H and O–H groups in total. The Morgan fingerprint density at radius 2 is 2.44 bits per heavy atom. The smallest absolute Gasteiger partial charge is 0.255 e. The number of hydrogen-bond acceptors (Lipinski definition) is 3. The average Bonchev–Trinajstić information content (AvgIpc) is 2.39. The third-order valence-electron chi connectivity index (χ3n) is 3.44. The minimum absolute atomic E-state index is 0.0912. The molecule has 1 fully saturated rings. The number of rotatable bonds is 3. The second-order valence-electron chi connectivity index (χ2n) is 5.10. The van der Waals surface area contributed by atoms with Crippen LogP contribution in [0.2, 0.25) is 0 Å². The summed E-state index contributed by atoms with van der Waals surface area (Å²) in [5.41, 5.74) is 6.55. The number of piperidine rings is 1. The monoisotopic (exact) mass is 247 g/mol. The van der Waals surface area contributed by atoms with E-state index in [0.717, 1.165) is 25.8 Å². The Labute approximate surface area is 108 Å². The Kier molecular flexibility index (Phi) is 4.31. The lowest BCUT2D eigenvalue weighted by Crippen LogP contribution is -2.45. The van der Waals surface area contributed by atoms with Crippen molar-refractivity contribution in [3.63, 3.8) is 0 Å². The van der Waals surface area contributed by atoms with E-state index in [1.165, 1.54) is 6.42 Å². The Morgan fingerprint density at radius 3 is 3.11 bits per heavy atom. The van der Waals surface area contributed by atoms with Crippen molar-refractivity contribution in [2.75, 3.05) is 6.54 Å². The highest BCUT2D eigenvalue weighted by Gasteiger charge is 2.27. The third kappa shape index (κ3) is 3.07. The fourth-order valence-electron chi connectivity index (χ4n) is 2.60. The van der Waals surface area contributed by atoms with Crippen LogP contribution in [0, 0.1) is 0 Å². The zero-order valence-electron chi connectivity index (χ0n) is 10.9. The maximum absolute atomic E-state index is 12.4. The van der Waals surface area contributed by atoms with Crippen LogP contribution in [0.15, 0.2) is 24.5 Å². The second kappa shape index (κ2) is 5.96. The van der Waals surface area contributed by atoms with Crippen LogP contribution in [-0.2, 0) is 0 Å². The number of carbonyl (C=O) groups excluding carboxylic acids is 1. The first-order valence-electron chi connectivity index (χ1n) is 6.65. The lowest BCUT2D eigenvalue weighted by molar-refractivity contribution is 0.0594. The first-order valence-corrected chi connectivity index (χ1v) is 6.65. The summed E-state index contributed by atoms with van der Waals surface area (Å²) in [6.07, 6.45) is 7.54. The van der Waals surface area contributed by atoms with Crippen molar-refractivity contribution >= 4 is 5.91 Å². The molecule has 0 saturated carbocycles. The van der Waals surface area contributed by atoms with Gasteiger partial charge in [-0.3, -0.25) is 9.78 Å². The molecule has 2 unspecified atom stereocenters. The molecular weight excluding hydrogens is 226 g/mol. The average molecular weight is 247 g/mol. The quantitative estimate of drug-likeness (QED) is 0.886. The first-order chi connectivity index (χ1) is 8.68. The molecule has 0 spiro atoms. The molecule has 1 amide bonds. The van der Waals surface area contributed by atoms with Crippen LogP contribution >= 0.6 is 0 Å². The fourth-order valence-corrected chi connectivity index (χ4v) is 2.60. The maximum atomic E-state index is 12.4. The number of hydrogen-bond donors (Lipinski definition) is 1. The molecule has 4 heteroatoms. The largest absolute Gasteiger partial charge is 0.336 e. The van der Waals surface area contributed by atoms with Gasteiger partial charge in [-0.15, -0.1) is 0 Å². The molecule has 2 rings (SSSR count). The fraction of sp³-hybridized carbons (Fsp3) is 0.571. The zero-order chi connectivity index (χ0) is 13.0. The van der Waals surface area contributed by atoms with Crippen LogP contribution < -0.4 is 5.73 Å². The van der Waals surface area contributed by atoms with Gasteiger partial charge in [0.15, 0.2) is 0 Å². The Bertz CT molecular complexity index is 391. The SMILES string of the molecule is CC(N)CC1CCCCN1C(=O)c1cccnc1. The molecule has 1 aliphatic rings. The summed E-state index contributed by atoms with van der Waals surface area (Å²) in [5.74, 6) is 0.0912. The van der Waals surface area contributed by atoms with Gasteiger partial charge in [-0.05, 0) is 44.7 Å². The molecule has 0 aromatic carbocycles. The van der Waals surface area contributed by atoms with E-state index in [-0.39, 0.29) is 18.0 Å². The molecule has 1 aliphatic heterocycles. The minimum Gasteiger partial charge on any atom is -0.336 e. The molecule has 1 aromatic rings. The predicted molar refractivity (Wildman–Crippen MR) is 71.2 cm³/mol. The van der Waals surface area contributed by atoms with Gasteiger partial charge in [0.25, 0.3) is 5.91 Å². The Balaban J connectivity index is 2.11. The first kappa shape index (κ1) is 13.0. The van der Waals surface area contributed by atoms with E-state index in [9.17, 15) is 4.79 Å². The van der Waals surface area contributed by atoms with E-state index in [1.54, 1.807) is 18.5 Å². The zero-order valence-corrected chi connectivity index (χ0v) is 10.9. The van der Waals surface area contributed by atoms with Gasteiger partial charge in [0.2, 0.25) is 0 Å². The summed E-state index contributed by atoms with van der Waals surface area (Å²) in [6.45, 7) is 2.84. The van der Waals surface area contributed by atoms with Crippen molar-refractivity contribution < 1.29 is 4.79 Å². The van der Waals surface area contributed by atoms with Crippen LogP contribution in [0.4, 0.5) is 0 Å². The molecule has 18 heavy (non-hydrogen) atoms. The summed E-state index contributed by atoms with van der Waals surface area (Å²) in [4.78, 5) is 18.4. The highest BCUT2D eigenvalue weighted by molar-refractivity contribution is 5.94. The van der Waals surface area contributed by atoms with Crippen LogP contribution in [0.3, 0.4) is 0 Å². The molecule has 0 bridgehead atoms. The molecule has 4 nitrogen and oxygen atoms in total. The summed E-state index contributed by atoms with van der Waals surface area (Å²) in [7, 11) is 0. The van der Waals surface area contributed by atoms with Gasteiger partial charge in [-0.1, -0.05) is 0 Å². The molecule has 0 aliphatic carbocycles. The van der Waals surface area contributed by atoms with Gasteiger partial charge in [0.05, 0.1) is 5.56 Å². The van der Waals surface area contributed by atoms with Gasteiger partial charge in [-0.2, -0.15) is 0 Å². The molecule has 98 valence electrons. The number of nitrogens with zero attached hydrogens (tertiary/aromatic N) is 2. The van der Waals surface area contributed by atoms with Crippen molar-refractivity contribution in [2.24, 2.45) is 5.73 Å². The van der Waals surface area contributed by atoms with E-state index < -0.39 is 0 Å². The lowest BCUT2D eigenvalue weighted by atomic mass is 9.96. The Hall–Kier alpha value is -1.42. The van der Waals surface area contributed by atoms with Crippen molar-refractivity contribution in [2.45, 2.75) is 44.7 Å². The van der Waals surface area contributed by atoms with E-state index in [2.05, 4.69) is 4.98 Å². The van der Waals surface area contributed by atoms with Gasteiger partial charge < -0.3 is 10.6 Å². The minimum atomic E-state index is 0.0912. The molecule has 0 radical (unpaired) electrons. The summed E-state index contributed by atoms with van der Waals surface area (Å²) in [6, 6.07) is 4.05. The number of aromatic nitrogens is 1. The number of pyridine rings is 1. The predicted octanol–water partition coefficient (Wildman–Crippen LogP) is 1.81. The van der Waals surface area contributed by atoms with E-state index >= 15 is 0 Å². The number of amides is 1. The second-order valence-corrected chi connectivity index (χ2v) is 5.10. The van der Waals surface area contributed by atoms with Gasteiger partial charge in [-0.25, -0.2) is 0 Å². The van der Waals surface area contributed by atoms with Crippen molar-refractivity contribution in [3.8, 4) is 0 Å². The third-order valence-corrected chi connectivity index (χ3v) is 3.44. The summed E-state index contributed by atoms with van der Waals surface area (Å²) < 4.78 is 0. The molecule has 1 saturated heterocycles. The van der Waals surface area contributed by atoms with Crippen molar-refractivity contribution in [1.82, 2.24) is 9.88 Å². The highest BCUT2D eigenvalue weighted by Crippen LogP contribution is 2.22. The normalized spacial score (nSPS) is 21.7. The summed E-state index contributed by atoms with van der Waals surface area (Å²) >= 11 is 0. The highest BCUT2D eigenvalue weighted by atomic mass is 16.2. The maximum Gasteiger partial charge on any atom is 0.255 e. The van der Waals surface area contributed by atoms with Crippen LogP contribution in [0.1, 0.15) is 43.0 Å². The standard InChI is InChI=1S/C14H21N3O/c1-11(15)9-13-6-2-3-8-17(13)14(18)12-5-4-7-16-10-12/h4-5,7,10-11,13H,2-3,6,8-9,15H2,1H3.